The Labute approximate surface area is 193 Å². The highest BCUT2D eigenvalue weighted by Crippen LogP contribution is 2.41. The van der Waals surface area contributed by atoms with E-state index in [1.54, 1.807) is 0 Å². The van der Waals surface area contributed by atoms with Gasteiger partial charge < -0.3 is 9.47 Å². The molecule has 2 aliphatic heterocycles. The molecule has 2 saturated heterocycles. The zero-order chi connectivity index (χ0) is 22.5. The molecule has 0 spiro atoms. The average Bonchev–Trinajstić information content (AvgIpc) is 2.83. The quantitative estimate of drug-likeness (QED) is 0.422. The van der Waals surface area contributed by atoms with Crippen molar-refractivity contribution in [3.05, 3.63) is 34.9 Å². The molecular formula is C28H42F2O2. The Morgan fingerprint density at radius 3 is 1.69 bits per heavy atom. The minimum Gasteiger partial charge on any atom is -0.375 e. The van der Waals surface area contributed by atoms with Crippen molar-refractivity contribution in [2.75, 3.05) is 13.2 Å². The topological polar surface area (TPSA) is 18.5 Å². The van der Waals surface area contributed by atoms with Crippen LogP contribution in [-0.4, -0.2) is 25.4 Å². The van der Waals surface area contributed by atoms with E-state index in [1.165, 1.54) is 32.1 Å². The Bertz CT molecular complexity index is 712. The van der Waals surface area contributed by atoms with Crippen LogP contribution in [0.3, 0.4) is 0 Å². The van der Waals surface area contributed by atoms with Crippen LogP contribution >= 0.6 is 0 Å². The predicted molar refractivity (Wildman–Crippen MR) is 125 cm³/mol. The molecule has 4 rings (SSSR count). The molecule has 32 heavy (non-hydrogen) atoms. The molecule has 0 bridgehead atoms. The molecular weight excluding hydrogens is 406 g/mol. The first kappa shape index (κ1) is 24.1. The maximum Gasteiger partial charge on any atom is 0.162 e. The van der Waals surface area contributed by atoms with Gasteiger partial charge in [-0.3, -0.25) is 0 Å². The number of rotatable bonds is 7. The maximum absolute atomic E-state index is 15.1. The maximum atomic E-state index is 15.1. The molecule has 4 atom stereocenters. The van der Waals surface area contributed by atoms with E-state index in [2.05, 4.69) is 13.8 Å². The lowest BCUT2D eigenvalue weighted by Gasteiger charge is -2.38. The number of hydrogen-bond acceptors (Lipinski definition) is 2. The van der Waals surface area contributed by atoms with Gasteiger partial charge in [-0.25, -0.2) is 8.78 Å². The highest BCUT2D eigenvalue weighted by molar-refractivity contribution is 5.32. The minimum absolute atomic E-state index is 0.0634. The first-order valence-electron chi connectivity index (χ1n) is 13.3. The van der Waals surface area contributed by atoms with Crippen LogP contribution in [0.15, 0.2) is 12.1 Å². The predicted octanol–water partition coefficient (Wildman–Crippen LogP) is 7.90. The van der Waals surface area contributed by atoms with Crippen molar-refractivity contribution in [2.24, 2.45) is 11.8 Å². The lowest BCUT2D eigenvalue weighted by Crippen LogP contribution is -2.40. The second kappa shape index (κ2) is 11.4. The fourth-order valence-corrected chi connectivity index (χ4v) is 6.45. The molecule has 180 valence electrons. The van der Waals surface area contributed by atoms with Crippen molar-refractivity contribution in [3.8, 4) is 0 Å². The third kappa shape index (κ3) is 5.55. The molecule has 3 fully saturated rings. The number of halogens is 2. The SMILES string of the molecule is CCCC1CCC(c2ccc(C3CCC(C4CCC(CCC)CO4)OC3)c(F)c2F)CC1. The summed E-state index contributed by atoms with van der Waals surface area (Å²) in [6, 6.07) is 3.70. The Balaban J connectivity index is 1.32. The molecule has 0 amide bonds. The van der Waals surface area contributed by atoms with Crippen LogP contribution in [0.4, 0.5) is 8.78 Å². The monoisotopic (exact) mass is 448 g/mol. The van der Waals surface area contributed by atoms with Crippen LogP contribution in [0.5, 0.6) is 0 Å². The van der Waals surface area contributed by atoms with Gasteiger partial charge in [0.15, 0.2) is 11.6 Å². The van der Waals surface area contributed by atoms with Gasteiger partial charge in [-0.05, 0) is 86.7 Å². The molecule has 3 aliphatic rings. The van der Waals surface area contributed by atoms with Gasteiger partial charge >= 0.3 is 0 Å². The van der Waals surface area contributed by atoms with Crippen molar-refractivity contribution in [3.63, 3.8) is 0 Å². The molecule has 1 saturated carbocycles. The van der Waals surface area contributed by atoms with Crippen LogP contribution in [0.2, 0.25) is 0 Å². The van der Waals surface area contributed by atoms with Gasteiger partial charge in [0.05, 0.1) is 18.8 Å². The first-order valence-corrected chi connectivity index (χ1v) is 13.3. The summed E-state index contributed by atoms with van der Waals surface area (Å²) < 4.78 is 42.4. The molecule has 0 N–H and O–H groups in total. The summed E-state index contributed by atoms with van der Waals surface area (Å²) in [6.07, 6.45) is 13.4. The van der Waals surface area contributed by atoms with Crippen molar-refractivity contribution in [1.82, 2.24) is 0 Å². The van der Waals surface area contributed by atoms with E-state index >= 15 is 8.78 Å². The van der Waals surface area contributed by atoms with E-state index in [9.17, 15) is 0 Å². The Kier molecular flexibility index (Phi) is 8.61. The smallest absolute Gasteiger partial charge is 0.162 e. The lowest BCUT2D eigenvalue weighted by molar-refractivity contribution is -0.124. The summed E-state index contributed by atoms with van der Waals surface area (Å²) in [4.78, 5) is 0. The summed E-state index contributed by atoms with van der Waals surface area (Å²) in [5, 5.41) is 0. The van der Waals surface area contributed by atoms with Gasteiger partial charge in [-0.1, -0.05) is 45.2 Å². The number of benzene rings is 1. The second-order valence-corrected chi connectivity index (χ2v) is 10.6. The van der Waals surface area contributed by atoms with Gasteiger partial charge in [0.1, 0.15) is 0 Å². The standard InChI is InChI=1S/C28H42F2O2/c1-3-5-19-7-10-21(11-8-19)23-13-14-24(28(30)27(23)29)22-12-16-26(32-18-22)25-15-9-20(6-4-2)17-31-25/h13-14,19-22,25-26H,3-12,15-18H2,1-2H3. The Morgan fingerprint density at radius 1 is 0.656 bits per heavy atom. The minimum atomic E-state index is -0.637. The van der Waals surface area contributed by atoms with Crippen LogP contribution in [-0.2, 0) is 9.47 Å². The molecule has 1 aromatic rings. The van der Waals surface area contributed by atoms with Gasteiger partial charge in [-0.15, -0.1) is 0 Å². The molecule has 2 heterocycles. The second-order valence-electron chi connectivity index (χ2n) is 10.6. The van der Waals surface area contributed by atoms with Crippen LogP contribution in [0.25, 0.3) is 0 Å². The number of ether oxygens (including phenoxy) is 2. The van der Waals surface area contributed by atoms with E-state index in [1.807, 2.05) is 12.1 Å². The van der Waals surface area contributed by atoms with Gasteiger partial charge in [0, 0.05) is 12.5 Å². The van der Waals surface area contributed by atoms with E-state index in [0.29, 0.717) is 23.7 Å². The zero-order valence-electron chi connectivity index (χ0n) is 20.1. The molecule has 0 aromatic heterocycles. The summed E-state index contributed by atoms with van der Waals surface area (Å²) in [5.74, 6) is 0.305. The normalized spacial score (nSPS) is 33.9. The fourth-order valence-electron chi connectivity index (χ4n) is 6.45. The highest BCUT2D eigenvalue weighted by Gasteiger charge is 2.34. The van der Waals surface area contributed by atoms with Crippen LogP contribution in [0, 0.1) is 23.5 Å². The van der Waals surface area contributed by atoms with Crippen LogP contribution < -0.4 is 0 Å². The summed E-state index contributed by atoms with van der Waals surface area (Å²) in [7, 11) is 0. The van der Waals surface area contributed by atoms with Gasteiger partial charge in [0.25, 0.3) is 0 Å². The summed E-state index contributed by atoms with van der Waals surface area (Å²) in [6.45, 7) is 5.75. The first-order chi connectivity index (χ1) is 15.6. The van der Waals surface area contributed by atoms with Crippen molar-refractivity contribution >= 4 is 0 Å². The van der Waals surface area contributed by atoms with Gasteiger partial charge in [0.2, 0.25) is 0 Å². The van der Waals surface area contributed by atoms with E-state index < -0.39 is 11.6 Å². The zero-order valence-corrected chi connectivity index (χ0v) is 20.1. The molecule has 2 nitrogen and oxygen atoms in total. The van der Waals surface area contributed by atoms with Crippen molar-refractivity contribution in [2.45, 2.75) is 115 Å². The third-order valence-corrected chi connectivity index (χ3v) is 8.39. The summed E-state index contributed by atoms with van der Waals surface area (Å²) >= 11 is 0. The van der Waals surface area contributed by atoms with E-state index in [0.717, 1.165) is 57.5 Å². The molecule has 1 aliphatic carbocycles. The van der Waals surface area contributed by atoms with E-state index in [4.69, 9.17) is 9.47 Å². The largest absolute Gasteiger partial charge is 0.375 e. The average molecular weight is 449 g/mol. The van der Waals surface area contributed by atoms with Crippen LogP contribution in [0.1, 0.15) is 114 Å². The molecule has 0 radical (unpaired) electrons. The molecule has 1 aromatic carbocycles. The molecule has 4 unspecified atom stereocenters. The lowest BCUT2D eigenvalue weighted by atomic mass is 9.76. The summed E-state index contributed by atoms with van der Waals surface area (Å²) in [5.41, 5.74) is 1.09. The van der Waals surface area contributed by atoms with E-state index in [-0.39, 0.29) is 24.0 Å². The number of hydrogen-bond donors (Lipinski definition) is 0. The fraction of sp³-hybridized carbons (Fsp3) is 0.786. The van der Waals surface area contributed by atoms with Crippen molar-refractivity contribution < 1.29 is 18.3 Å². The molecule has 4 heteroatoms. The van der Waals surface area contributed by atoms with Gasteiger partial charge in [-0.2, -0.15) is 0 Å². The Hall–Kier alpha value is -1.00. The highest BCUT2D eigenvalue weighted by atomic mass is 19.2. The Morgan fingerprint density at radius 2 is 1.16 bits per heavy atom. The third-order valence-electron chi connectivity index (χ3n) is 8.39. The van der Waals surface area contributed by atoms with Crippen molar-refractivity contribution in [1.29, 1.82) is 0 Å².